The van der Waals surface area contributed by atoms with Crippen molar-refractivity contribution in [2.45, 2.75) is 25.3 Å². The third-order valence-electron chi connectivity index (χ3n) is 4.42. The smallest absolute Gasteiger partial charge is 0.169 e. The molecule has 2 fully saturated rings. The summed E-state index contributed by atoms with van der Waals surface area (Å²) >= 11 is 0. The Kier molecular flexibility index (Phi) is 5.85. The summed E-state index contributed by atoms with van der Waals surface area (Å²) in [6.07, 6.45) is 3.67. The molecule has 1 heterocycles. The average Bonchev–Trinajstić information content (AvgIpc) is 3.30. The van der Waals surface area contributed by atoms with E-state index in [0.29, 0.717) is 5.75 Å². The first kappa shape index (κ1) is 16.5. The van der Waals surface area contributed by atoms with Crippen molar-refractivity contribution in [3.63, 3.8) is 0 Å². The molecule has 0 radical (unpaired) electrons. The van der Waals surface area contributed by atoms with Crippen molar-refractivity contribution < 1.29 is 9.13 Å². The summed E-state index contributed by atoms with van der Waals surface area (Å²) < 4.78 is 19.7. The molecule has 1 saturated heterocycles. The molecule has 1 aromatic rings. The van der Waals surface area contributed by atoms with Crippen LogP contribution < -0.4 is 10.1 Å². The van der Waals surface area contributed by atoms with Crippen LogP contribution in [0.15, 0.2) is 18.2 Å². The fourth-order valence-corrected chi connectivity index (χ4v) is 3.08. The Morgan fingerprint density at radius 2 is 2.05 bits per heavy atom. The van der Waals surface area contributed by atoms with E-state index in [-0.39, 0.29) is 24.3 Å². The van der Waals surface area contributed by atoms with Gasteiger partial charge in [-0.15, -0.1) is 12.4 Å². The molecule has 1 N–H and O–H groups in total. The first-order valence-electron chi connectivity index (χ1n) is 7.56. The second-order valence-electron chi connectivity index (χ2n) is 5.84. The molecule has 0 amide bonds. The topological polar surface area (TPSA) is 24.5 Å². The van der Waals surface area contributed by atoms with Crippen LogP contribution in [0.2, 0.25) is 0 Å². The van der Waals surface area contributed by atoms with E-state index in [0.717, 1.165) is 44.1 Å². The van der Waals surface area contributed by atoms with Gasteiger partial charge in [0.2, 0.25) is 0 Å². The first-order chi connectivity index (χ1) is 9.79. The lowest BCUT2D eigenvalue weighted by atomic mass is 9.97. The van der Waals surface area contributed by atoms with Gasteiger partial charge in [0.1, 0.15) is 0 Å². The number of benzene rings is 1. The summed E-state index contributed by atoms with van der Waals surface area (Å²) in [6.45, 7) is 3.97. The van der Waals surface area contributed by atoms with Crippen LogP contribution in [0.25, 0.3) is 0 Å². The normalized spacial score (nSPS) is 20.7. The van der Waals surface area contributed by atoms with E-state index >= 15 is 0 Å². The van der Waals surface area contributed by atoms with Crippen molar-refractivity contribution in [1.29, 1.82) is 0 Å². The lowest BCUT2D eigenvalue weighted by Gasteiger charge is -2.35. The standard InChI is InChI=1S/C16H23FN2O.ClH/c1-20-15-4-2-3-13(16(15)17)14(11-12-5-6-12)19-9-7-18-8-10-19;/h2-4,12,14,18H,5-11H2,1H3;1H/t14-;/m1./s1. The van der Waals surface area contributed by atoms with Crippen molar-refractivity contribution in [3.05, 3.63) is 29.6 Å². The van der Waals surface area contributed by atoms with Crippen LogP contribution in [0, 0.1) is 11.7 Å². The van der Waals surface area contributed by atoms with Gasteiger partial charge in [-0.2, -0.15) is 0 Å². The lowest BCUT2D eigenvalue weighted by Crippen LogP contribution is -2.45. The van der Waals surface area contributed by atoms with Gasteiger partial charge < -0.3 is 10.1 Å². The molecule has 0 aromatic heterocycles. The molecule has 0 unspecified atom stereocenters. The molecule has 0 bridgehead atoms. The molecule has 0 spiro atoms. The Bertz CT molecular complexity index is 462. The number of methoxy groups -OCH3 is 1. The minimum atomic E-state index is -0.181. The zero-order valence-electron chi connectivity index (χ0n) is 12.5. The van der Waals surface area contributed by atoms with Gasteiger partial charge in [0.15, 0.2) is 11.6 Å². The van der Waals surface area contributed by atoms with Crippen molar-refractivity contribution in [1.82, 2.24) is 10.2 Å². The van der Waals surface area contributed by atoms with Crippen LogP contribution in [0.3, 0.4) is 0 Å². The highest BCUT2D eigenvalue weighted by atomic mass is 35.5. The minimum absolute atomic E-state index is 0. The number of nitrogens with one attached hydrogen (secondary N) is 1. The van der Waals surface area contributed by atoms with E-state index in [1.807, 2.05) is 12.1 Å². The van der Waals surface area contributed by atoms with Crippen LogP contribution >= 0.6 is 12.4 Å². The van der Waals surface area contributed by atoms with Crippen LogP contribution in [0.1, 0.15) is 30.9 Å². The maximum absolute atomic E-state index is 14.6. The third-order valence-corrected chi connectivity index (χ3v) is 4.42. The largest absolute Gasteiger partial charge is 0.494 e. The Morgan fingerprint density at radius 3 is 2.67 bits per heavy atom. The molecule has 1 aliphatic carbocycles. The summed E-state index contributed by atoms with van der Waals surface area (Å²) in [5.41, 5.74) is 0.804. The van der Waals surface area contributed by atoms with Gasteiger partial charge in [0.05, 0.1) is 7.11 Å². The lowest BCUT2D eigenvalue weighted by molar-refractivity contribution is 0.156. The van der Waals surface area contributed by atoms with Gasteiger partial charge in [0, 0.05) is 37.8 Å². The van der Waals surface area contributed by atoms with E-state index in [4.69, 9.17) is 4.74 Å². The Balaban J connectivity index is 0.00000161. The van der Waals surface area contributed by atoms with Gasteiger partial charge in [0.25, 0.3) is 0 Å². The van der Waals surface area contributed by atoms with Crippen molar-refractivity contribution in [3.8, 4) is 5.75 Å². The average molecular weight is 315 g/mol. The molecule has 1 aromatic carbocycles. The highest BCUT2D eigenvalue weighted by Gasteiger charge is 2.32. The summed E-state index contributed by atoms with van der Waals surface area (Å²) in [7, 11) is 1.53. The summed E-state index contributed by atoms with van der Waals surface area (Å²) in [6, 6.07) is 5.72. The number of rotatable bonds is 5. The first-order valence-corrected chi connectivity index (χ1v) is 7.56. The zero-order chi connectivity index (χ0) is 13.9. The number of piperazine rings is 1. The number of ether oxygens (including phenoxy) is 1. The highest BCUT2D eigenvalue weighted by Crippen LogP contribution is 2.41. The minimum Gasteiger partial charge on any atom is -0.494 e. The molecule has 2 aliphatic rings. The summed E-state index contributed by atoms with van der Waals surface area (Å²) in [4.78, 5) is 2.42. The van der Waals surface area contributed by atoms with Crippen molar-refractivity contribution >= 4 is 12.4 Å². The molecule has 3 rings (SSSR count). The maximum atomic E-state index is 14.6. The highest BCUT2D eigenvalue weighted by molar-refractivity contribution is 5.85. The molecular formula is C16H24ClFN2O. The van der Waals surface area contributed by atoms with E-state index in [1.54, 1.807) is 6.07 Å². The van der Waals surface area contributed by atoms with Gasteiger partial charge in [-0.1, -0.05) is 25.0 Å². The Labute approximate surface area is 132 Å². The molecule has 5 heteroatoms. The third kappa shape index (κ3) is 3.87. The van der Waals surface area contributed by atoms with Crippen LogP contribution in [0.4, 0.5) is 4.39 Å². The summed E-state index contributed by atoms with van der Waals surface area (Å²) in [5.74, 6) is 0.957. The van der Waals surface area contributed by atoms with Crippen molar-refractivity contribution in [2.24, 2.45) is 5.92 Å². The monoisotopic (exact) mass is 314 g/mol. The maximum Gasteiger partial charge on any atom is 0.169 e. The van der Waals surface area contributed by atoms with Crippen LogP contribution in [-0.4, -0.2) is 38.2 Å². The number of halogens is 2. The predicted octanol–water partition coefficient (Wildman–Crippen LogP) is 3.00. The second-order valence-corrected chi connectivity index (χ2v) is 5.84. The molecule has 21 heavy (non-hydrogen) atoms. The number of hydrogen-bond donors (Lipinski definition) is 1. The Hall–Kier alpha value is -0.840. The van der Waals surface area contributed by atoms with E-state index in [9.17, 15) is 4.39 Å². The number of hydrogen-bond acceptors (Lipinski definition) is 3. The molecule has 1 saturated carbocycles. The molecule has 1 atom stereocenters. The second kappa shape index (κ2) is 7.43. The fourth-order valence-electron chi connectivity index (χ4n) is 3.08. The summed E-state index contributed by atoms with van der Waals surface area (Å²) in [5, 5.41) is 3.37. The van der Waals surface area contributed by atoms with E-state index in [1.165, 1.54) is 20.0 Å². The molecular weight excluding hydrogens is 291 g/mol. The molecule has 3 nitrogen and oxygen atoms in total. The van der Waals surface area contributed by atoms with Gasteiger partial charge in [-0.3, -0.25) is 4.90 Å². The van der Waals surface area contributed by atoms with Crippen LogP contribution in [0.5, 0.6) is 5.75 Å². The predicted molar refractivity (Wildman–Crippen MR) is 84.7 cm³/mol. The SMILES string of the molecule is COc1cccc([C@@H](CC2CC2)N2CCNCC2)c1F.Cl. The van der Waals surface area contributed by atoms with Gasteiger partial charge in [-0.05, 0) is 18.4 Å². The Morgan fingerprint density at radius 1 is 1.33 bits per heavy atom. The quantitative estimate of drug-likeness (QED) is 0.904. The van der Waals surface area contributed by atoms with Gasteiger partial charge in [-0.25, -0.2) is 4.39 Å². The fraction of sp³-hybridized carbons (Fsp3) is 0.625. The van der Waals surface area contributed by atoms with Crippen LogP contribution in [-0.2, 0) is 0 Å². The molecule has 118 valence electrons. The van der Waals surface area contributed by atoms with E-state index < -0.39 is 0 Å². The van der Waals surface area contributed by atoms with Crippen molar-refractivity contribution in [2.75, 3.05) is 33.3 Å². The molecule has 1 aliphatic heterocycles. The zero-order valence-corrected chi connectivity index (χ0v) is 13.3. The number of nitrogens with zero attached hydrogens (tertiary/aromatic N) is 1. The van der Waals surface area contributed by atoms with E-state index in [2.05, 4.69) is 10.2 Å². The van der Waals surface area contributed by atoms with Gasteiger partial charge >= 0.3 is 0 Å².